The van der Waals surface area contributed by atoms with Crippen molar-refractivity contribution in [2.45, 2.75) is 6.92 Å². The number of rotatable bonds is 6. The number of hydrogen-bond donors (Lipinski definition) is 2. The highest BCUT2D eigenvalue weighted by Crippen LogP contribution is 2.12. The number of carbonyl (C=O) groups excluding carboxylic acids is 1. The van der Waals surface area contributed by atoms with Crippen LogP contribution in [0.3, 0.4) is 0 Å². The van der Waals surface area contributed by atoms with E-state index < -0.39 is 10.8 Å². The van der Waals surface area contributed by atoms with Crippen LogP contribution in [0.4, 0.5) is 5.69 Å². The third-order valence-corrected chi connectivity index (χ3v) is 3.05. The molecule has 1 unspecified atom stereocenters. The van der Waals surface area contributed by atoms with Gasteiger partial charge in [0.2, 0.25) is 5.91 Å². The summed E-state index contributed by atoms with van der Waals surface area (Å²) < 4.78 is 10.8. The summed E-state index contributed by atoms with van der Waals surface area (Å²) >= 11 is 0. The van der Waals surface area contributed by atoms with Crippen molar-refractivity contribution in [1.29, 1.82) is 0 Å². The van der Waals surface area contributed by atoms with Crippen LogP contribution < -0.4 is 10.6 Å². The van der Waals surface area contributed by atoms with E-state index in [0.29, 0.717) is 12.3 Å². The first-order valence-corrected chi connectivity index (χ1v) is 7.18. The van der Waals surface area contributed by atoms with E-state index in [9.17, 15) is 9.00 Å². The molecule has 1 aromatic rings. The molecule has 1 amide bonds. The summed E-state index contributed by atoms with van der Waals surface area (Å²) in [6, 6.07) is 7.63. The van der Waals surface area contributed by atoms with Crippen molar-refractivity contribution in [2.75, 3.05) is 30.4 Å². The highest BCUT2D eigenvalue weighted by molar-refractivity contribution is 7.84. The van der Waals surface area contributed by atoms with E-state index in [2.05, 4.69) is 10.6 Å². The number of hydrogen-bond acceptors (Lipinski definition) is 3. The van der Waals surface area contributed by atoms with Gasteiger partial charge in [0, 0.05) is 35.0 Å². The number of nitrogens with one attached hydrogen (secondary N) is 2. The van der Waals surface area contributed by atoms with Gasteiger partial charge in [-0.3, -0.25) is 9.00 Å². The molecule has 0 saturated heterocycles. The van der Waals surface area contributed by atoms with E-state index in [1.807, 2.05) is 31.2 Å². The standard InChI is InChI=1S/C12H18N2O2S/c1-10-5-3-4-6-11(10)14-12(15)9-13-7-8-17(2)16/h3-6,13H,7-9H2,1-2H3,(H,14,15). The number of aryl methyl sites for hydroxylation is 1. The minimum Gasteiger partial charge on any atom is -0.325 e. The largest absolute Gasteiger partial charge is 0.325 e. The maximum Gasteiger partial charge on any atom is 0.238 e. The van der Waals surface area contributed by atoms with Gasteiger partial charge in [0.25, 0.3) is 0 Å². The van der Waals surface area contributed by atoms with Gasteiger partial charge in [-0.1, -0.05) is 18.2 Å². The maximum absolute atomic E-state index is 11.6. The smallest absolute Gasteiger partial charge is 0.238 e. The maximum atomic E-state index is 11.6. The second kappa shape index (κ2) is 7.19. The van der Waals surface area contributed by atoms with Crippen LogP contribution in [-0.2, 0) is 15.6 Å². The summed E-state index contributed by atoms with van der Waals surface area (Å²) in [6.07, 6.45) is 1.65. The van der Waals surface area contributed by atoms with Gasteiger partial charge < -0.3 is 10.6 Å². The van der Waals surface area contributed by atoms with Crippen molar-refractivity contribution in [1.82, 2.24) is 5.32 Å². The fourth-order valence-electron chi connectivity index (χ4n) is 1.33. The molecule has 0 saturated carbocycles. The number of carbonyl (C=O) groups is 1. The van der Waals surface area contributed by atoms with Crippen molar-refractivity contribution < 1.29 is 9.00 Å². The summed E-state index contributed by atoms with van der Waals surface area (Å²) in [5.74, 6) is 0.485. The average Bonchev–Trinajstić information content (AvgIpc) is 2.27. The van der Waals surface area contributed by atoms with Crippen LogP contribution in [-0.4, -0.2) is 35.2 Å². The number of para-hydroxylation sites is 1. The molecule has 1 aromatic carbocycles. The molecule has 0 aromatic heterocycles. The Morgan fingerprint density at radius 2 is 2.06 bits per heavy atom. The molecule has 1 atom stereocenters. The fourth-order valence-corrected chi connectivity index (χ4v) is 1.76. The monoisotopic (exact) mass is 254 g/mol. The van der Waals surface area contributed by atoms with Crippen molar-refractivity contribution >= 4 is 22.4 Å². The van der Waals surface area contributed by atoms with Gasteiger partial charge in [-0.2, -0.15) is 0 Å². The van der Waals surface area contributed by atoms with E-state index in [1.54, 1.807) is 6.26 Å². The zero-order valence-electron chi connectivity index (χ0n) is 10.2. The van der Waals surface area contributed by atoms with E-state index in [0.717, 1.165) is 11.3 Å². The molecule has 4 nitrogen and oxygen atoms in total. The molecule has 17 heavy (non-hydrogen) atoms. The summed E-state index contributed by atoms with van der Waals surface area (Å²) in [6.45, 7) is 2.78. The van der Waals surface area contributed by atoms with Crippen molar-refractivity contribution in [3.63, 3.8) is 0 Å². The Bertz CT molecular complexity index is 407. The van der Waals surface area contributed by atoms with Crippen LogP contribution in [0.15, 0.2) is 24.3 Å². The first-order chi connectivity index (χ1) is 8.09. The molecule has 0 heterocycles. The fraction of sp³-hybridized carbons (Fsp3) is 0.417. The Morgan fingerprint density at radius 1 is 1.35 bits per heavy atom. The van der Waals surface area contributed by atoms with Gasteiger partial charge in [-0.05, 0) is 18.6 Å². The highest BCUT2D eigenvalue weighted by Gasteiger charge is 2.03. The molecule has 2 N–H and O–H groups in total. The molecule has 0 aliphatic carbocycles. The molecule has 0 aliphatic heterocycles. The van der Waals surface area contributed by atoms with Crippen LogP contribution in [0.25, 0.3) is 0 Å². The second-order valence-corrected chi connectivity index (χ2v) is 5.37. The summed E-state index contributed by atoms with van der Waals surface area (Å²) in [5.41, 5.74) is 1.87. The van der Waals surface area contributed by atoms with Crippen LogP contribution in [0, 0.1) is 6.92 Å². The zero-order chi connectivity index (χ0) is 12.7. The SMILES string of the molecule is Cc1ccccc1NC(=O)CNCCS(C)=O. The van der Waals surface area contributed by atoms with Crippen molar-refractivity contribution in [3.05, 3.63) is 29.8 Å². The van der Waals surface area contributed by atoms with Crippen LogP contribution >= 0.6 is 0 Å². The number of amides is 1. The number of anilines is 1. The molecule has 1 rings (SSSR count). The second-order valence-electron chi connectivity index (χ2n) is 3.82. The van der Waals surface area contributed by atoms with E-state index in [-0.39, 0.29) is 12.5 Å². The van der Waals surface area contributed by atoms with Crippen LogP contribution in [0.2, 0.25) is 0 Å². The first-order valence-electron chi connectivity index (χ1n) is 5.46. The van der Waals surface area contributed by atoms with Gasteiger partial charge >= 0.3 is 0 Å². The Morgan fingerprint density at radius 3 is 2.71 bits per heavy atom. The van der Waals surface area contributed by atoms with E-state index in [4.69, 9.17) is 0 Å². The molecular formula is C12H18N2O2S. The molecule has 0 spiro atoms. The van der Waals surface area contributed by atoms with Crippen LogP contribution in [0.1, 0.15) is 5.56 Å². The van der Waals surface area contributed by atoms with E-state index in [1.165, 1.54) is 0 Å². The molecule has 94 valence electrons. The summed E-state index contributed by atoms with van der Waals surface area (Å²) in [5, 5.41) is 5.77. The van der Waals surface area contributed by atoms with E-state index >= 15 is 0 Å². The quantitative estimate of drug-likeness (QED) is 0.742. The third kappa shape index (κ3) is 5.60. The summed E-state index contributed by atoms with van der Waals surface area (Å²) in [7, 11) is -0.816. The third-order valence-electron chi connectivity index (χ3n) is 2.27. The zero-order valence-corrected chi connectivity index (χ0v) is 11.0. The predicted octanol–water partition coefficient (Wildman–Crippen LogP) is 0.902. The Labute approximate surface area is 104 Å². The first kappa shape index (κ1) is 13.9. The number of benzene rings is 1. The average molecular weight is 254 g/mol. The topological polar surface area (TPSA) is 58.2 Å². The van der Waals surface area contributed by atoms with Gasteiger partial charge in [0.05, 0.1) is 6.54 Å². The van der Waals surface area contributed by atoms with Gasteiger partial charge in [0.15, 0.2) is 0 Å². The molecule has 0 bridgehead atoms. The highest BCUT2D eigenvalue weighted by atomic mass is 32.2. The minimum absolute atomic E-state index is 0.0822. The Kier molecular flexibility index (Phi) is 5.86. The van der Waals surface area contributed by atoms with Crippen molar-refractivity contribution in [3.8, 4) is 0 Å². The molecule has 0 radical (unpaired) electrons. The lowest BCUT2D eigenvalue weighted by molar-refractivity contribution is -0.115. The lowest BCUT2D eigenvalue weighted by atomic mass is 10.2. The minimum atomic E-state index is -0.816. The van der Waals surface area contributed by atoms with Crippen LogP contribution in [0.5, 0.6) is 0 Å². The molecule has 0 aliphatic rings. The Balaban J connectivity index is 2.30. The lowest BCUT2D eigenvalue weighted by Crippen LogP contribution is -2.30. The normalized spacial score (nSPS) is 12.1. The Hall–Kier alpha value is -1.20. The predicted molar refractivity (Wildman–Crippen MR) is 71.6 cm³/mol. The summed E-state index contributed by atoms with van der Waals surface area (Å²) in [4.78, 5) is 11.6. The van der Waals surface area contributed by atoms with Gasteiger partial charge in [-0.15, -0.1) is 0 Å². The van der Waals surface area contributed by atoms with Crippen molar-refractivity contribution in [2.24, 2.45) is 0 Å². The molecule has 0 fully saturated rings. The molecule has 5 heteroatoms. The lowest BCUT2D eigenvalue weighted by Gasteiger charge is -2.08. The van der Waals surface area contributed by atoms with Gasteiger partial charge in [-0.25, -0.2) is 0 Å². The van der Waals surface area contributed by atoms with Gasteiger partial charge in [0.1, 0.15) is 0 Å². The molecular weight excluding hydrogens is 236 g/mol.